The van der Waals surface area contributed by atoms with E-state index in [1.54, 1.807) is 0 Å². The van der Waals surface area contributed by atoms with E-state index in [-0.39, 0.29) is 18.3 Å². The molecule has 1 fully saturated rings. The van der Waals surface area contributed by atoms with Gasteiger partial charge in [0.25, 0.3) is 0 Å². The summed E-state index contributed by atoms with van der Waals surface area (Å²) in [6.45, 7) is 2.21. The van der Waals surface area contributed by atoms with Crippen molar-refractivity contribution in [1.82, 2.24) is 10.5 Å². The van der Waals surface area contributed by atoms with E-state index in [1.807, 2.05) is 13.0 Å². The van der Waals surface area contributed by atoms with Gasteiger partial charge in [-0.25, -0.2) is 0 Å². The number of hydrogen-bond donors (Lipinski definition) is 2. The van der Waals surface area contributed by atoms with Crippen molar-refractivity contribution in [3.05, 3.63) is 17.5 Å². The van der Waals surface area contributed by atoms with Gasteiger partial charge in [-0.1, -0.05) is 24.4 Å². The van der Waals surface area contributed by atoms with Gasteiger partial charge in [-0.3, -0.25) is 4.79 Å². The zero-order chi connectivity index (χ0) is 12.3. The Kier molecular flexibility index (Phi) is 5.16. The maximum Gasteiger partial charge on any atom is 0.240 e. The summed E-state index contributed by atoms with van der Waals surface area (Å²) >= 11 is 0. The number of amides is 1. The SMILES string of the molecule is Cc1cc(CNC(=O)C2(N)CCCCC2)on1.Cl. The van der Waals surface area contributed by atoms with Gasteiger partial charge in [0.2, 0.25) is 5.91 Å². The smallest absolute Gasteiger partial charge is 0.240 e. The van der Waals surface area contributed by atoms with Crippen LogP contribution in [0.15, 0.2) is 10.6 Å². The van der Waals surface area contributed by atoms with Crippen molar-refractivity contribution in [3.63, 3.8) is 0 Å². The second-order valence-corrected chi connectivity index (χ2v) is 4.83. The first-order valence-corrected chi connectivity index (χ1v) is 6.09. The highest BCUT2D eigenvalue weighted by molar-refractivity contribution is 5.86. The Bertz CT molecular complexity index is 400. The van der Waals surface area contributed by atoms with Crippen LogP contribution in [0.4, 0.5) is 0 Å². The van der Waals surface area contributed by atoms with Crippen LogP contribution in [-0.2, 0) is 11.3 Å². The number of rotatable bonds is 3. The molecule has 6 heteroatoms. The van der Waals surface area contributed by atoms with Crippen molar-refractivity contribution in [2.45, 2.75) is 51.1 Å². The third-order valence-electron chi connectivity index (χ3n) is 3.30. The highest BCUT2D eigenvalue weighted by Gasteiger charge is 2.35. The molecule has 1 saturated carbocycles. The monoisotopic (exact) mass is 273 g/mol. The summed E-state index contributed by atoms with van der Waals surface area (Å²) < 4.78 is 5.03. The number of nitrogens with two attached hydrogens (primary N) is 1. The normalized spacial score (nSPS) is 17.9. The summed E-state index contributed by atoms with van der Waals surface area (Å²) in [6, 6.07) is 1.81. The molecule has 102 valence electrons. The van der Waals surface area contributed by atoms with Crippen LogP contribution in [0.3, 0.4) is 0 Å². The number of aryl methyl sites for hydroxylation is 1. The van der Waals surface area contributed by atoms with E-state index < -0.39 is 5.54 Å². The molecular formula is C12H20ClN3O2. The topological polar surface area (TPSA) is 81.2 Å². The molecule has 0 radical (unpaired) electrons. The molecule has 3 N–H and O–H groups in total. The van der Waals surface area contributed by atoms with Crippen LogP contribution in [0, 0.1) is 6.92 Å². The van der Waals surface area contributed by atoms with Crippen LogP contribution >= 0.6 is 12.4 Å². The second-order valence-electron chi connectivity index (χ2n) is 4.83. The van der Waals surface area contributed by atoms with Crippen molar-refractivity contribution < 1.29 is 9.32 Å². The molecule has 1 aliphatic rings. The molecule has 0 saturated heterocycles. The van der Waals surface area contributed by atoms with E-state index in [9.17, 15) is 4.79 Å². The van der Waals surface area contributed by atoms with E-state index in [0.717, 1.165) is 31.4 Å². The lowest BCUT2D eigenvalue weighted by atomic mass is 9.82. The number of carbonyl (C=O) groups is 1. The first-order chi connectivity index (χ1) is 8.10. The Labute approximate surface area is 113 Å². The number of carbonyl (C=O) groups excluding carboxylic acids is 1. The number of nitrogens with zero attached hydrogens (tertiary/aromatic N) is 1. The fourth-order valence-corrected chi connectivity index (χ4v) is 2.25. The van der Waals surface area contributed by atoms with Crippen molar-refractivity contribution in [1.29, 1.82) is 0 Å². The van der Waals surface area contributed by atoms with Crippen LogP contribution < -0.4 is 11.1 Å². The van der Waals surface area contributed by atoms with Crippen LogP contribution in [-0.4, -0.2) is 16.6 Å². The summed E-state index contributed by atoms with van der Waals surface area (Å²) in [7, 11) is 0. The largest absolute Gasteiger partial charge is 0.359 e. The zero-order valence-electron chi connectivity index (χ0n) is 10.6. The van der Waals surface area contributed by atoms with E-state index in [2.05, 4.69) is 10.5 Å². The van der Waals surface area contributed by atoms with Crippen LogP contribution in [0.2, 0.25) is 0 Å². The molecule has 0 aromatic carbocycles. The van der Waals surface area contributed by atoms with Gasteiger partial charge in [0.1, 0.15) is 0 Å². The lowest BCUT2D eigenvalue weighted by Crippen LogP contribution is -2.54. The summed E-state index contributed by atoms with van der Waals surface area (Å²) in [4.78, 5) is 12.0. The maximum absolute atomic E-state index is 12.0. The Hall–Kier alpha value is -1.07. The first kappa shape index (κ1) is 15.0. The molecule has 2 rings (SSSR count). The molecule has 0 aliphatic heterocycles. The summed E-state index contributed by atoms with van der Waals surface area (Å²) in [5.74, 6) is 0.585. The van der Waals surface area contributed by atoms with Gasteiger partial charge in [-0.05, 0) is 19.8 Å². The van der Waals surface area contributed by atoms with Gasteiger partial charge >= 0.3 is 0 Å². The van der Waals surface area contributed by atoms with Crippen molar-refractivity contribution in [2.75, 3.05) is 0 Å². The third-order valence-corrected chi connectivity index (χ3v) is 3.30. The molecule has 1 aromatic heterocycles. The quantitative estimate of drug-likeness (QED) is 0.878. The van der Waals surface area contributed by atoms with E-state index in [1.165, 1.54) is 6.42 Å². The maximum atomic E-state index is 12.0. The summed E-state index contributed by atoms with van der Waals surface area (Å²) in [5, 5.41) is 6.59. The predicted molar refractivity (Wildman–Crippen MR) is 70.3 cm³/mol. The number of hydrogen-bond acceptors (Lipinski definition) is 4. The van der Waals surface area contributed by atoms with Crippen molar-refractivity contribution >= 4 is 18.3 Å². The van der Waals surface area contributed by atoms with Crippen LogP contribution in [0.25, 0.3) is 0 Å². The van der Waals surface area contributed by atoms with Gasteiger partial charge in [-0.15, -0.1) is 12.4 Å². The molecule has 0 atom stereocenters. The molecule has 1 amide bonds. The molecule has 0 bridgehead atoms. The average molecular weight is 274 g/mol. The Morgan fingerprint density at radius 3 is 2.72 bits per heavy atom. The Morgan fingerprint density at radius 2 is 2.17 bits per heavy atom. The molecular weight excluding hydrogens is 254 g/mol. The predicted octanol–water partition coefficient (Wildman–Crippen LogP) is 1.68. The van der Waals surface area contributed by atoms with Crippen molar-refractivity contribution in [2.24, 2.45) is 5.73 Å². The lowest BCUT2D eigenvalue weighted by Gasteiger charge is -2.31. The van der Waals surface area contributed by atoms with Gasteiger partial charge in [0, 0.05) is 6.07 Å². The third kappa shape index (κ3) is 3.46. The van der Waals surface area contributed by atoms with Gasteiger partial charge in [-0.2, -0.15) is 0 Å². The fraction of sp³-hybridized carbons (Fsp3) is 0.667. The molecule has 1 heterocycles. The van der Waals surface area contributed by atoms with Crippen LogP contribution in [0.5, 0.6) is 0 Å². The van der Waals surface area contributed by atoms with Gasteiger partial charge in [0.05, 0.1) is 17.8 Å². The summed E-state index contributed by atoms with van der Waals surface area (Å²) in [5.41, 5.74) is 6.24. The van der Waals surface area contributed by atoms with E-state index in [4.69, 9.17) is 10.3 Å². The van der Waals surface area contributed by atoms with E-state index >= 15 is 0 Å². The molecule has 18 heavy (non-hydrogen) atoms. The number of aromatic nitrogens is 1. The standard InChI is InChI=1S/C12H19N3O2.ClH/c1-9-7-10(17-15-9)8-14-11(16)12(13)5-3-2-4-6-12;/h7H,2-6,8,13H2,1H3,(H,14,16);1H. The Balaban J connectivity index is 0.00000162. The van der Waals surface area contributed by atoms with E-state index in [0.29, 0.717) is 12.3 Å². The minimum atomic E-state index is -0.687. The molecule has 0 unspecified atom stereocenters. The second kappa shape index (κ2) is 6.20. The Morgan fingerprint density at radius 1 is 1.50 bits per heavy atom. The molecule has 1 aromatic rings. The summed E-state index contributed by atoms with van der Waals surface area (Å²) in [6.07, 6.45) is 4.78. The van der Waals surface area contributed by atoms with Gasteiger partial charge in [0.15, 0.2) is 5.76 Å². The first-order valence-electron chi connectivity index (χ1n) is 6.09. The minimum absolute atomic E-state index is 0. The molecule has 1 aliphatic carbocycles. The lowest BCUT2D eigenvalue weighted by molar-refractivity contribution is -0.127. The van der Waals surface area contributed by atoms with Crippen molar-refractivity contribution in [3.8, 4) is 0 Å². The number of nitrogens with one attached hydrogen (secondary N) is 1. The average Bonchev–Trinajstić information content (AvgIpc) is 2.73. The highest BCUT2D eigenvalue weighted by atomic mass is 35.5. The van der Waals surface area contributed by atoms with Gasteiger partial charge < -0.3 is 15.6 Å². The zero-order valence-corrected chi connectivity index (χ0v) is 11.4. The highest BCUT2D eigenvalue weighted by Crippen LogP contribution is 2.26. The number of halogens is 1. The fourth-order valence-electron chi connectivity index (χ4n) is 2.25. The molecule has 0 spiro atoms. The molecule has 5 nitrogen and oxygen atoms in total. The van der Waals surface area contributed by atoms with Crippen LogP contribution in [0.1, 0.15) is 43.6 Å². The minimum Gasteiger partial charge on any atom is -0.359 e.